The molecule has 1 aromatic carbocycles. The van der Waals surface area contributed by atoms with Crippen LogP contribution < -0.4 is 5.32 Å². The van der Waals surface area contributed by atoms with Crippen LogP contribution in [0.1, 0.15) is 34.7 Å². The van der Waals surface area contributed by atoms with E-state index in [0.29, 0.717) is 0 Å². The lowest BCUT2D eigenvalue weighted by molar-refractivity contribution is 0.277. The molecule has 0 bridgehead atoms. The summed E-state index contributed by atoms with van der Waals surface area (Å²) in [5.41, 5.74) is 5.66. The summed E-state index contributed by atoms with van der Waals surface area (Å²) >= 11 is 12.1. The topological polar surface area (TPSA) is 36.3 Å². The highest BCUT2D eigenvalue weighted by molar-refractivity contribution is 7.80. The van der Waals surface area contributed by atoms with Gasteiger partial charge in [-0.15, -0.1) is 0 Å². The summed E-state index contributed by atoms with van der Waals surface area (Å²) in [5.74, 6) is 0. The van der Waals surface area contributed by atoms with Gasteiger partial charge in [0.15, 0.2) is 5.11 Å². The van der Waals surface area contributed by atoms with Gasteiger partial charge in [-0.2, -0.15) is 0 Å². The van der Waals surface area contributed by atoms with Crippen molar-refractivity contribution in [3.63, 3.8) is 0 Å². The molecule has 0 radical (unpaired) electrons. The number of aromatic nitrogens is 2. The first-order valence-corrected chi connectivity index (χ1v) is 11.2. The fourth-order valence-electron chi connectivity index (χ4n) is 4.39. The fraction of sp³-hybridized carbons (Fsp3) is 0.333. The molecular weight excluding hydrogens is 426 g/mol. The molecule has 5 nitrogen and oxygen atoms in total. The van der Waals surface area contributed by atoms with Gasteiger partial charge in [0.05, 0.1) is 17.8 Å². The zero-order valence-electron chi connectivity index (χ0n) is 18.3. The first-order chi connectivity index (χ1) is 14.9. The molecule has 31 heavy (non-hydrogen) atoms. The van der Waals surface area contributed by atoms with Gasteiger partial charge < -0.3 is 19.7 Å². The molecule has 3 heterocycles. The van der Waals surface area contributed by atoms with E-state index >= 15 is 0 Å². The number of nitrogens with one attached hydrogen (secondary N) is 1. The number of hydrogen-bond acceptors (Lipinski definition) is 3. The molecular formula is C24H28ClN5S. The molecule has 1 aliphatic rings. The average Bonchev–Trinajstić information content (AvgIpc) is 3.22. The fourth-order valence-corrected chi connectivity index (χ4v) is 4.91. The highest BCUT2D eigenvalue weighted by Crippen LogP contribution is 2.41. The number of pyridine rings is 1. The molecule has 1 aliphatic heterocycles. The van der Waals surface area contributed by atoms with Crippen LogP contribution in [0.4, 0.5) is 0 Å². The number of nitrogens with zero attached hydrogens (tertiary/aromatic N) is 4. The minimum absolute atomic E-state index is 0.0100. The summed E-state index contributed by atoms with van der Waals surface area (Å²) in [6.07, 6.45) is 1.84. The van der Waals surface area contributed by atoms with Crippen LogP contribution >= 0.6 is 23.8 Å². The second-order valence-corrected chi connectivity index (χ2v) is 9.09. The Bertz CT molecular complexity index is 1080. The second kappa shape index (κ2) is 8.99. The van der Waals surface area contributed by atoms with Gasteiger partial charge in [0, 0.05) is 41.4 Å². The summed E-state index contributed by atoms with van der Waals surface area (Å²) in [7, 11) is 4.17. The molecule has 7 heteroatoms. The Labute approximate surface area is 194 Å². The number of benzene rings is 1. The van der Waals surface area contributed by atoms with E-state index < -0.39 is 0 Å². The Morgan fingerprint density at radius 2 is 1.94 bits per heavy atom. The van der Waals surface area contributed by atoms with Gasteiger partial charge in [0.1, 0.15) is 0 Å². The molecule has 1 N–H and O–H groups in total. The van der Waals surface area contributed by atoms with Crippen molar-refractivity contribution in [2.45, 2.75) is 25.9 Å². The lowest BCUT2D eigenvalue weighted by atomic mass is 9.97. The third-order valence-electron chi connectivity index (χ3n) is 5.84. The molecule has 1 fully saturated rings. The zero-order valence-corrected chi connectivity index (χ0v) is 19.9. The Hall–Kier alpha value is -2.41. The van der Waals surface area contributed by atoms with E-state index in [2.05, 4.69) is 70.8 Å². The normalized spacial score (nSPS) is 18.6. The first-order valence-electron chi connectivity index (χ1n) is 10.4. The molecule has 162 valence electrons. The van der Waals surface area contributed by atoms with E-state index in [9.17, 15) is 0 Å². The third-order valence-corrected chi connectivity index (χ3v) is 6.43. The van der Waals surface area contributed by atoms with Crippen LogP contribution in [-0.2, 0) is 0 Å². The predicted octanol–water partition coefficient (Wildman–Crippen LogP) is 4.68. The molecule has 0 unspecified atom stereocenters. The smallest absolute Gasteiger partial charge is 0.170 e. The van der Waals surface area contributed by atoms with Crippen LogP contribution in [0.15, 0.2) is 54.7 Å². The highest BCUT2D eigenvalue weighted by Gasteiger charge is 2.41. The summed E-state index contributed by atoms with van der Waals surface area (Å²) < 4.78 is 2.27. The van der Waals surface area contributed by atoms with Crippen LogP contribution in [0.2, 0.25) is 5.02 Å². The molecule has 4 rings (SSSR count). The molecule has 2 aromatic heterocycles. The highest BCUT2D eigenvalue weighted by atomic mass is 35.5. The van der Waals surface area contributed by atoms with Crippen molar-refractivity contribution >= 4 is 28.9 Å². The van der Waals surface area contributed by atoms with Gasteiger partial charge in [-0.1, -0.05) is 23.7 Å². The van der Waals surface area contributed by atoms with E-state index in [0.717, 1.165) is 34.6 Å². The van der Waals surface area contributed by atoms with Gasteiger partial charge in [-0.05, 0) is 82.1 Å². The summed E-state index contributed by atoms with van der Waals surface area (Å²) in [6, 6.07) is 16.3. The first kappa shape index (κ1) is 21.8. The van der Waals surface area contributed by atoms with Crippen LogP contribution in [-0.4, -0.2) is 51.6 Å². The van der Waals surface area contributed by atoms with Crippen molar-refractivity contribution in [3.8, 4) is 5.69 Å². The van der Waals surface area contributed by atoms with Crippen molar-refractivity contribution < 1.29 is 0 Å². The number of rotatable bonds is 6. The van der Waals surface area contributed by atoms with E-state index in [1.54, 1.807) is 0 Å². The molecule has 1 saturated heterocycles. The van der Waals surface area contributed by atoms with Gasteiger partial charge in [-0.25, -0.2) is 0 Å². The third kappa shape index (κ3) is 4.33. The maximum atomic E-state index is 6.29. The molecule has 0 spiro atoms. The average molecular weight is 454 g/mol. The van der Waals surface area contributed by atoms with Crippen LogP contribution in [0.25, 0.3) is 5.69 Å². The number of thiocarbonyl (C=S) groups is 1. The number of hydrogen-bond donors (Lipinski definition) is 1. The van der Waals surface area contributed by atoms with Crippen molar-refractivity contribution in [1.82, 2.24) is 24.7 Å². The lowest BCUT2D eigenvalue weighted by Gasteiger charge is -2.29. The maximum Gasteiger partial charge on any atom is 0.170 e. The zero-order chi connectivity index (χ0) is 22.1. The van der Waals surface area contributed by atoms with Gasteiger partial charge in [0.25, 0.3) is 0 Å². The predicted molar refractivity (Wildman–Crippen MR) is 131 cm³/mol. The van der Waals surface area contributed by atoms with E-state index in [4.69, 9.17) is 23.8 Å². The molecule has 3 aromatic rings. The Kier molecular flexibility index (Phi) is 6.32. The molecule has 0 amide bonds. The Morgan fingerprint density at radius 1 is 1.13 bits per heavy atom. The summed E-state index contributed by atoms with van der Waals surface area (Å²) in [4.78, 5) is 9.13. The number of halogens is 1. The van der Waals surface area contributed by atoms with Crippen molar-refractivity contribution in [2.24, 2.45) is 0 Å². The lowest BCUT2D eigenvalue weighted by Crippen LogP contribution is -2.35. The molecule has 0 aliphatic carbocycles. The van der Waals surface area contributed by atoms with E-state index in [1.807, 2.05) is 36.5 Å². The van der Waals surface area contributed by atoms with Gasteiger partial charge in [-0.3, -0.25) is 4.98 Å². The van der Waals surface area contributed by atoms with Crippen LogP contribution in [0.3, 0.4) is 0 Å². The van der Waals surface area contributed by atoms with Crippen LogP contribution in [0, 0.1) is 13.8 Å². The van der Waals surface area contributed by atoms with Crippen molar-refractivity contribution in [2.75, 3.05) is 27.2 Å². The monoisotopic (exact) mass is 453 g/mol. The summed E-state index contributed by atoms with van der Waals surface area (Å²) in [6.45, 7) is 6.07. The van der Waals surface area contributed by atoms with E-state index in [1.165, 1.54) is 17.0 Å². The van der Waals surface area contributed by atoms with Crippen molar-refractivity contribution in [3.05, 3.63) is 82.4 Å². The largest absolute Gasteiger partial charge is 0.352 e. The Morgan fingerprint density at radius 3 is 2.61 bits per heavy atom. The second-order valence-electron chi connectivity index (χ2n) is 8.27. The SMILES string of the molecule is Cc1cc([C@H]2[C@H](c3ccccn3)NC(=S)N2CCN(C)C)c(C)n1-c1cccc(Cl)c1. The van der Waals surface area contributed by atoms with Gasteiger partial charge in [0.2, 0.25) is 0 Å². The maximum absolute atomic E-state index is 6.29. The van der Waals surface area contributed by atoms with Crippen molar-refractivity contribution in [1.29, 1.82) is 0 Å². The molecule has 0 saturated carbocycles. The minimum atomic E-state index is -0.0100. The van der Waals surface area contributed by atoms with Gasteiger partial charge >= 0.3 is 0 Å². The van der Waals surface area contributed by atoms with Crippen LogP contribution in [0.5, 0.6) is 0 Å². The summed E-state index contributed by atoms with van der Waals surface area (Å²) in [5, 5.41) is 5.05. The minimum Gasteiger partial charge on any atom is -0.352 e. The quantitative estimate of drug-likeness (QED) is 0.548. The number of aryl methyl sites for hydroxylation is 1. The molecule has 2 atom stereocenters. The standard InChI is InChI=1S/C24H28ClN5S/c1-16-14-20(17(2)30(16)19-9-7-8-18(25)15-19)23-22(21-10-5-6-11-26-21)27-24(31)29(23)13-12-28(3)4/h5-11,14-15,22-23H,12-13H2,1-4H3,(H,27,31)/t22-,23-/m0/s1. The van der Waals surface area contributed by atoms with E-state index in [-0.39, 0.29) is 12.1 Å². The Balaban J connectivity index is 1.81. The number of likely N-dealkylation sites (N-methyl/N-ethyl adjacent to an activating group) is 1.